The van der Waals surface area contributed by atoms with Crippen LogP contribution < -0.4 is 5.32 Å². The average Bonchev–Trinajstić information content (AvgIpc) is 2.78. The van der Waals surface area contributed by atoms with Crippen LogP contribution in [0.25, 0.3) is 0 Å². The molecule has 0 aromatic heterocycles. The Labute approximate surface area is 137 Å². The van der Waals surface area contributed by atoms with Crippen LogP contribution in [0.15, 0.2) is 18.2 Å². The van der Waals surface area contributed by atoms with Crippen molar-refractivity contribution in [1.82, 2.24) is 15.3 Å². The van der Waals surface area contributed by atoms with Crippen molar-refractivity contribution in [1.29, 1.82) is 0 Å². The Morgan fingerprint density at radius 1 is 1.13 bits per heavy atom. The van der Waals surface area contributed by atoms with Gasteiger partial charge in [-0.05, 0) is 24.5 Å². The zero-order valence-electron chi connectivity index (χ0n) is 12.2. The maximum Gasteiger partial charge on any atom is 0.343 e. The number of alkyl halides is 1. The second kappa shape index (κ2) is 6.00. The molecule has 3 rings (SSSR count). The minimum absolute atomic E-state index is 0.00680. The first-order valence-electron chi connectivity index (χ1n) is 7.22. The number of carbonyl (C=O) groups is 4. The Morgan fingerprint density at radius 2 is 1.91 bits per heavy atom. The van der Waals surface area contributed by atoms with Gasteiger partial charge in [-0.3, -0.25) is 19.7 Å². The third-order valence-electron chi connectivity index (χ3n) is 3.83. The number of hydrogen-bond acceptors (Lipinski definition) is 4. The SMILES string of the molecule is O=C1CCN(N2C(=O)c3cccc(CCCCl)c3C2=O)C(=O)N1. The summed E-state index contributed by atoms with van der Waals surface area (Å²) in [4.78, 5) is 48.4. The zero-order valence-corrected chi connectivity index (χ0v) is 12.9. The number of rotatable bonds is 4. The van der Waals surface area contributed by atoms with E-state index in [4.69, 9.17) is 11.6 Å². The molecule has 1 aromatic rings. The Morgan fingerprint density at radius 3 is 2.61 bits per heavy atom. The van der Waals surface area contributed by atoms with E-state index < -0.39 is 23.8 Å². The molecule has 1 N–H and O–H groups in total. The lowest BCUT2D eigenvalue weighted by Crippen LogP contribution is -2.58. The van der Waals surface area contributed by atoms with Crippen LogP contribution in [-0.4, -0.2) is 46.2 Å². The van der Waals surface area contributed by atoms with Crippen LogP contribution in [0, 0.1) is 0 Å². The lowest BCUT2D eigenvalue weighted by atomic mass is 9.99. The van der Waals surface area contributed by atoms with Gasteiger partial charge in [0.1, 0.15) is 0 Å². The molecule has 23 heavy (non-hydrogen) atoms. The van der Waals surface area contributed by atoms with Gasteiger partial charge in [-0.25, -0.2) is 9.80 Å². The van der Waals surface area contributed by atoms with E-state index in [1.807, 2.05) is 0 Å². The van der Waals surface area contributed by atoms with Crippen LogP contribution in [0.4, 0.5) is 4.79 Å². The van der Waals surface area contributed by atoms with Crippen molar-refractivity contribution in [2.75, 3.05) is 12.4 Å². The second-order valence-corrected chi connectivity index (χ2v) is 5.66. The monoisotopic (exact) mass is 335 g/mol. The summed E-state index contributed by atoms with van der Waals surface area (Å²) in [5.74, 6) is -1.07. The van der Waals surface area contributed by atoms with E-state index in [1.54, 1.807) is 18.2 Å². The molecule has 0 saturated carbocycles. The number of benzene rings is 1. The highest BCUT2D eigenvalue weighted by Crippen LogP contribution is 2.28. The summed E-state index contributed by atoms with van der Waals surface area (Å²) in [6.45, 7) is -0.00680. The summed E-state index contributed by atoms with van der Waals surface area (Å²) in [5.41, 5.74) is 1.32. The molecular weight excluding hydrogens is 322 g/mol. The zero-order chi connectivity index (χ0) is 16.6. The van der Waals surface area contributed by atoms with E-state index in [0.29, 0.717) is 24.3 Å². The number of hydrogen-bond donors (Lipinski definition) is 1. The summed E-state index contributed by atoms with van der Waals surface area (Å²) in [6.07, 6.45) is 1.29. The molecule has 1 saturated heterocycles. The van der Waals surface area contributed by atoms with E-state index in [9.17, 15) is 19.2 Å². The minimum Gasteiger partial charge on any atom is -0.276 e. The van der Waals surface area contributed by atoms with Gasteiger partial charge in [-0.1, -0.05) is 12.1 Å². The molecular formula is C15H14ClN3O4. The Hall–Kier alpha value is -2.41. The molecule has 2 aliphatic heterocycles. The molecule has 0 atom stereocenters. The first kappa shape index (κ1) is 15.5. The van der Waals surface area contributed by atoms with E-state index in [2.05, 4.69) is 5.32 Å². The number of imide groups is 2. The molecule has 1 aromatic carbocycles. The maximum atomic E-state index is 12.7. The van der Waals surface area contributed by atoms with Crippen molar-refractivity contribution in [3.63, 3.8) is 0 Å². The summed E-state index contributed by atoms with van der Waals surface area (Å²) in [6, 6.07) is 4.28. The van der Waals surface area contributed by atoms with Gasteiger partial charge in [-0.2, -0.15) is 5.01 Å². The van der Waals surface area contributed by atoms with Crippen molar-refractivity contribution in [3.8, 4) is 0 Å². The highest BCUT2D eigenvalue weighted by Gasteiger charge is 2.43. The molecule has 0 radical (unpaired) electrons. The molecule has 0 spiro atoms. The van der Waals surface area contributed by atoms with Gasteiger partial charge in [0.15, 0.2) is 0 Å². The van der Waals surface area contributed by atoms with Crippen LogP contribution in [0.3, 0.4) is 0 Å². The lowest BCUT2D eigenvalue weighted by Gasteiger charge is -2.32. The van der Waals surface area contributed by atoms with Crippen LogP contribution in [-0.2, 0) is 11.2 Å². The number of hydrazine groups is 1. The number of nitrogens with one attached hydrogen (secondary N) is 1. The number of nitrogens with zero attached hydrogens (tertiary/aromatic N) is 2. The molecule has 1 fully saturated rings. The smallest absolute Gasteiger partial charge is 0.276 e. The number of halogens is 1. The summed E-state index contributed by atoms with van der Waals surface area (Å²) >= 11 is 5.70. The molecule has 8 heteroatoms. The third kappa shape index (κ3) is 2.57. The second-order valence-electron chi connectivity index (χ2n) is 5.28. The number of amides is 5. The van der Waals surface area contributed by atoms with Gasteiger partial charge < -0.3 is 0 Å². The predicted molar refractivity (Wildman–Crippen MR) is 80.8 cm³/mol. The maximum absolute atomic E-state index is 12.7. The van der Waals surface area contributed by atoms with Crippen molar-refractivity contribution < 1.29 is 19.2 Å². The fraction of sp³-hybridized carbons (Fsp3) is 0.333. The number of urea groups is 1. The molecule has 0 aliphatic carbocycles. The molecule has 7 nitrogen and oxygen atoms in total. The van der Waals surface area contributed by atoms with Crippen molar-refractivity contribution in [2.45, 2.75) is 19.3 Å². The van der Waals surface area contributed by atoms with Gasteiger partial charge in [0.25, 0.3) is 11.8 Å². The lowest BCUT2D eigenvalue weighted by molar-refractivity contribution is -0.122. The van der Waals surface area contributed by atoms with Crippen LogP contribution in [0.2, 0.25) is 0 Å². The van der Waals surface area contributed by atoms with Gasteiger partial charge >= 0.3 is 6.03 Å². The summed E-state index contributed by atoms with van der Waals surface area (Å²) in [5, 5.41) is 3.91. The van der Waals surface area contributed by atoms with Crippen LogP contribution >= 0.6 is 11.6 Å². The predicted octanol–water partition coefficient (Wildman–Crippen LogP) is 1.31. The quantitative estimate of drug-likeness (QED) is 0.664. The number of fused-ring (bicyclic) bond motifs is 1. The average molecular weight is 336 g/mol. The van der Waals surface area contributed by atoms with Gasteiger partial charge in [0, 0.05) is 12.3 Å². The minimum atomic E-state index is -0.766. The fourth-order valence-electron chi connectivity index (χ4n) is 2.77. The van der Waals surface area contributed by atoms with Crippen molar-refractivity contribution in [2.24, 2.45) is 0 Å². The van der Waals surface area contributed by atoms with Crippen molar-refractivity contribution >= 4 is 35.4 Å². The Bertz CT molecular complexity index is 719. The summed E-state index contributed by atoms with van der Waals surface area (Å²) < 4.78 is 0. The highest BCUT2D eigenvalue weighted by atomic mass is 35.5. The van der Waals surface area contributed by atoms with E-state index in [1.165, 1.54) is 0 Å². The standard InChI is InChI=1S/C15H14ClN3O4/c16-7-2-4-9-3-1-5-10-12(9)14(22)19(13(10)21)18-8-6-11(20)17-15(18)23/h1,3,5H,2,4,6-8H2,(H,17,20,23). The first-order valence-corrected chi connectivity index (χ1v) is 7.76. The van der Waals surface area contributed by atoms with E-state index in [0.717, 1.165) is 15.6 Å². The molecule has 5 amide bonds. The van der Waals surface area contributed by atoms with Crippen molar-refractivity contribution in [3.05, 3.63) is 34.9 Å². The highest BCUT2D eigenvalue weighted by molar-refractivity contribution is 6.22. The molecule has 0 unspecified atom stereocenters. The number of aryl methyl sites for hydroxylation is 1. The molecule has 2 aliphatic rings. The van der Waals surface area contributed by atoms with Gasteiger partial charge in [0.05, 0.1) is 17.7 Å². The number of carbonyl (C=O) groups excluding carboxylic acids is 4. The fourth-order valence-corrected chi connectivity index (χ4v) is 2.91. The van der Waals surface area contributed by atoms with Gasteiger partial charge in [0.2, 0.25) is 5.91 Å². The molecule has 0 bridgehead atoms. The molecule has 120 valence electrons. The summed E-state index contributed by atoms with van der Waals surface area (Å²) in [7, 11) is 0. The Balaban J connectivity index is 1.94. The van der Waals surface area contributed by atoms with Gasteiger partial charge in [-0.15, -0.1) is 11.6 Å². The largest absolute Gasteiger partial charge is 0.343 e. The Kier molecular flexibility index (Phi) is 4.04. The van der Waals surface area contributed by atoms with E-state index >= 15 is 0 Å². The van der Waals surface area contributed by atoms with Crippen LogP contribution in [0.1, 0.15) is 39.1 Å². The van der Waals surface area contributed by atoms with Crippen LogP contribution in [0.5, 0.6) is 0 Å². The van der Waals surface area contributed by atoms with E-state index in [-0.39, 0.29) is 18.5 Å². The third-order valence-corrected chi connectivity index (χ3v) is 4.10. The molecule has 2 heterocycles. The first-order chi connectivity index (χ1) is 11.0. The normalized spacial score (nSPS) is 17.6. The topological polar surface area (TPSA) is 86.8 Å².